The van der Waals surface area contributed by atoms with Crippen LogP contribution < -0.4 is 16.4 Å². The molecule has 0 spiro atoms. The highest BCUT2D eigenvalue weighted by atomic mass is 32.2. The van der Waals surface area contributed by atoms with Gasteiger partial charge in [0.05, 0.1) is 23.2 Å². The number of fused-ring (bicyclic) bond motifs is 1. The molecule has 0 fully saturated rings. The fourth-order valence-electron chi connectivity index (χ4n) is 2.44. The number of amides is 1. The summed E-state index contributed by atoms with van der Waals surface area (Å²) in [5.74, 6) is 0.00662. The number of carbonyl (C=O) groups excluding carboxylic acids is 1. The van der Waals surface area contributed by atoms with E-state index in [4.69, 9.17) is 5.73 Å². The van der Waals surface area contributed by atoms with Crippen LogP contribution in [0.3, 0.4) is 0 Å². The highest BCUT2D eigenvalue weighted by Crippen LogP contribution is 2.32. The highest BCUT2D eigenvalue weighted by Gasteiger charge is 2.23. The molecule has 2 aliphatic heterocycles. The van der Waals surface area contributed by atoms with Crippen LogP contribution in [0.1, 0.15) is 12.0 Å². The molecule has 20 heavy (non-hydrogen) atoms. The summed E-state index contributed by atoms with van der Waals surface area (Å²) in [5, 5.41) is 7.09. The predicted octanol–water partition coefficient (Wildman–Crippen LogP) is 0.876. The quantitative estimate of drug-likeness (QED) is 0.703. The van der Waals surface area contributed by atoms with Gasteiger partial charge in [-0.3, -0.25) is 4.79 Å². The molecule has 7 heteroatoms. The molecule has 6 nitrogen and oxygen atoms in total. The second kappa shape index (κ2) is 4.52. The molecule has 3 rings (SSSR count). The van der Waals surface area contributed by atoms with Gasteiger partial charge in [0.1, 0.15) is 0 Å². The summed E-state index contributed by atoms with van der Waals surface area (Å²) in [4.78, 5) is 11.4. The van der Waals surface area contributed by atoms with Crippen molar-refractivity contribution < 1.29 is 13.2 Å². The van der Waals surface area contributed by atoms with Gasteiger partial charge >= 0.3 is 0 Å². The van der Waals surface area contributed by atoms with Gasteiger partial charge in [-0.2, -0.15) is 0 Å². The number of nitrogen functional groups attached to an aromatic ring is 1. The molecule has 1 aromatic rings. The molecule has 1 atom stereocenters. The Kier molecular flexibility index (Phi) is 2.93. The number of nitrogens with two attached hydrogens (primary N) is 1. The maximum atomic E-state index is 11.4. The third-order valence-electron chi connectivity index (χ3n) is 3.44. The molecule has 1 aromatic carbocycles. The molecular weight excluding hydrogens is 278 g/mol. The maximum Gasteiger partial charge on any atom is 0.224 e. The van der Waals surface area contributed by atoms with Crippen molar-refractivity contribution in [2.45, 2.75) is 18.9 Å². The van der Waals surface area contributed by atoms with Gasteiger partial charge in [-0.25, -0.2) is 8.42 Å². The van der Waals surface area contributed by atoms with Gasteiger partial charge in [-0.15, -0.1) is 0 Å². The lowest BCUT2D eigenvalue weighted by atomic mass is 10.0. The van der Waals surface area contributed by atoms with Gasteiger partial charge in [-0.05, 0) is 24.1 Å². The second-order valence-corrected chi connectivity index (χ2v) is 6.98. The lowest BCUT2D eigenvalue weighted by molar-refractivity contribution is -0.116. The van der Waals surface area contributed by atoms with Crippen molar-refractivity contribution >= 4 is 32.8 Å². The van der Waals surface area contributed by atoms with Crippen molar-refractivity contribution in [1.29, 1.82) is 0 Å². The van der Waals surface area contributed by atoms with E-state index >= 15 is 0 Å². The van der Waals surface area contributed by atoms with Crippen molar-refractivity contribution in [1.82, 2.24) is 0 Å². The molecule has 106 valence electrons. The zero-order valence-electron chi connectivity index (χ0n) is 10.7. The van der Waals surface area contributed by atoms with E-state index in [1.165, 1.54) is 5.41 Å². The number of rotatable bonds is 2. The van der Waals surface area contributed by atoms with E-state index in [1.807, 2.05) is 6.07 Å². The number of anilines is 3. The molecule has 2 aliphatic rings. The van der Waals surface area contributed by atoms with Gasteiger partial charge in [-0.1, -0.05) is 6.08 Å². The number of carbonyl (C=O) groups is 1. The first-order valence-corrected chi connectivity index (χ1v) is 8.04. The monoisotopic (exact) mass is 293 g/mol. The normalized spacial score (nSPS) is 23.2. The number of aryl methyl sites for hydroxylation is 1. The standard InChI is InChI=1S/C13H15N3O3S/c14-10-5-8-1-2-13(17)16-11(8)6-12(10)15-9-3-4-20(18,19)7-9/h3-6,9,15H,1-2,7,14H2,(H,16,17). The van der Waals surface area contributed by atoms with Crippen LogP contribution in [0.5, 0.6) is 0 Å². The Morgan fingerprint density at radius 3 is 2.80 bits per heavy atom. The Bertz CT molecular complexity index is 710. The van der Waals surface area contributed by atoms with Crippen molar-refractivity contribution in [2.75, 3.05) is 22.1 Å². The Morgan fingerprint density at radius 2 is 2.10 bits per heavy atom. The third kappa shape index (κ3) is 2.49. The molecule has 0 saturated carbocycles. The highest BCUT2D eigenvalue weighted by molar-refractivity contribution is 7.94. The Labute approximate surface area is 117 Å². The number of benzene rings is 1. The van der Waals surface area contributed by atoms with E-state index in [2.05, 4.69) is 10.6 Å². The zero-order valence-corrected chi connectivity index (χ0v) is 11.5. The van der Waals surface area contributed by atoms with Crippen LogP contribution in [0.15, 0.2) is 23.6 Å². The van der Waals surface area contributed by atoms with Crippen LogP contribution in [0.4, 0.5) is 17.1 Å². The molecule has 0 saturated heterocycles. The van der Waals surface area contributed by atoms with Gasteiger partial charge in [0.25, 0.3) is 0 Å². The van der Waals surface area contributed by atoms with Gasteiger partial charge < -0.3 is 16.4 Å². The maximum absolute atomic E-state index is 11.4. The fourth-order valence-corrected chi connectivity index (χ4v) is 3.67. The van der Waals surface area contributed by atoms with Gasteiger partial charge in [0, 0.05) is 17.5 Å². The van der Waals surface area contributed by atoms with Crippen LogP contribution in [0, 0.1) is 0 Å². The van der Waals surface area contributed by atoms with E-state index in [0.717, 1.165) is 11.3 Å². The SMILES string of the molecule is Nc1cc2c(cc1NC1C=CS(=O)(=O)C1)NC(=O)CC2. The lowest BCUT2D eigenvalue weighted by Crippen LogP contribution is -2.23. The molecule has 2 heterocycles. The van der Waals surface area contributed by atoms with Crippen molar-refractivity contribution in [3.63, 3.8) is 0 Å². The summed E-state index contributed by atoms with van der Waals surface area (Å²) in [6.45, 7) is 0. The first-order valence-electron chi connectivity index (χ1n) is 6.33. The zero-order chi connectivity index (χ0) is 14.3. The minimum Gasteiger partial charge on any atom is -0.397 e. The summed E-state index contributed by atoms with van der Waals surface area (Å²) in [7, 11) is -3.11. The average molecular weight is 293 g/mol. The minimum atomic E-state index is -3.11. The van der Waals surface area contributed by atoms with E-state index in [0.29, 0.717) is 24.2 Å². The van der Waals surface area contributed by atoms with Crippen molar-refractivity contribution in [3.8, 4) is 0 Å². The fraction of sp³-hybridized carbons (Fsp3) is 0.308. The Balaban J connectivity index is 1.86. The largest absolute Gasteiger partial charge is 0.397 e. The topological polar surface area (TPSA) is 101 Å². The first kappa shape index (κ1) is 13.0. The molecule has 4 N–H and O–H groups in total. The predicted molar refractivity (Wildman–Crippen MR) is 78.1 cm³/mol. The lowest BCUT2D eigenvalue weighted by Gasteiger charge is -2.21. The van der Waals surface area contributed by atoms with Crippen LogP contribution in [-0.4, -0.2) is 26.1 Å². The average Bonchev–Trinajstić information content (AvgIpc) is 2.70. The summed E-state index contributed by atoms with van der Waals surface area (Å²) >= 11 is 0. The summed E-state index contributed by atoms with van der Waals surface area (Å²) in [5.41, 5.74) is 8.91. The molecule has 0 radical (unpaired) electrons. The molecule has 0 aromatic heterocycles. The van der Waals surface area contributed by atoms with E-state index in [9.17, 15) is 13.2 Å². The Morgan fingerprint density at radius 1 is 1.30 bits per heavy atom. The van der Waals surface area contributed by atoms with Crippen LogP contribution in [-0.2, 0) is 21.1 Å². The van der Waals surface area contributed by atoms with E-state index < -0.39 is 9.84 Å². The Hall–Kier alpha value is -2.02. The number of hydrogen-bond acceptors (Lipinski definition) is 5. The van der Waals surface area contributed by atoms with E-state index in [-0.39, 0.29) is 17.7 Å². The summed E-state index contributed by atoms with van der Waals surface area (Å²) in [6.07, 6.45) is 2.74. The molecule has 1 amide bonds. The van der Waals surface area contributed by atoms with Crippen molar-refractivity contribution in [2.24, 2.45) is 0 Å². The number of sulfone groups is 1. The summed E-state index contributed by atoms with van der Waals surface area (Å²) < 4.78 is 22.8. The van der Waals surface area contributed by atoms with Gasteiger partial charge in [0.2, 0.25) is 5.91 Å². The second-order valence-electron chi connectivity index (χ2n) is 5.05. The molecule has 0 bridgehead atoms. The van der Waals surface area contributed by atoms with E-state index in [1.54, 1.807) is 12.1 Å². The number of nitrogens with one attached hydrogen (secondary N) is 2. The molecule has 0 aliphatic carbocycles. The van der Waals surface area contributed by atoms with Crippen molar-refractivity contribution in [3.05, 3.63) is 29.2 Å². The number of hydrogen-bond donors (Lipinski definition) is 3. The van der Waals surface area contributed by atoms with Gasteiger partial charge in [0.15, 0.2) is 9.84 Å². The minimum absolute atomic E-state index is 0.0171. The molecule has 1 unspecified atom stereocenters. The first-order chi connectivity index (χ1) is 9.43. The molecular formula is C13H15N3O3S. The van der Waals surface area contributed by atoms with Crippen LogP contribution in [0.25, 0.3) is 0 Å². The van der Waals surface area contributed by atoms with Crippen LogP contribution >= 0.6 is 0 Å². The smallest absolute Gasteiger partial charge is 0.224 e. The third-order valence-corrected chi connectivity index (χ3v) is 4.84. The summed E-state index contributed by atoms with van der Waals surface area (Å²) in [6, 6.07) is 3.30. The van der Waals surface area contributed by atoms with Crippen LogP contribution in [0.2, 0.25) is 0 Å².